The predicted octanol–water partition coefficient (Wildman–Crippen LogP) is 4.20. The topological polar surface area (TPSA) is 59.0 Å². The highest BCUT2D eigenvalue weighted by atomic mass is 32.2. The van der Waals surface area contributed by atoms with Gasteiger partial charge in [-0.25, -0.2) is 0 Å². The summed E-state index contributed by atoms with van der Waals surface area (Å²) < 4.78 is 11.1. The lowest BCUT2D eigenvalue weighted by Crippen LogP contribution is -2.27. The lowest BCUT2D eigenvalue weighted by Gasteiger charge is -2.14. The molecule has 0 unspecified atom stereocenters. The smallest absolute Gasteiger partial charge is 0.266 e. The second-order valence-corrected chi connectivity index (χ2v) is 7.45. The Labute approximate surface area is 167 Å². The molecular formula is C20H19NO4S2. The van der Waals surface area contributed by atoms with Crippen molar-refractivity contribution in [2.45, 2.75) is 13.5 Å². The molecule has 1 heterocycles. The van der Waals surface area contributed by atoms with E-state index in [9.17, 15) is 9.90 Å². The van der Waals surface area contributed by atoms with Crippen LogP contribution in [0.15, 0.2) is 47.4 Å². The first-order chi connectivity index (χ1) is 13.0. The van der Waals surface area contributed by atoms with Crippen molar-refractivity contribution in [2.24, 2.45) is 0 Å². The molecule has 1 saturated heterocycles. The predicted molar refractivity (Wildman–Crippen MR) is 111 cm³/mol. The van der Waals surface area contributed by atoms with Gasteiger partial charge in [0.1, 0.15) is 10.1 Å². The number of phenolic OH excluding ortho intramolecular Hbond substituents is 1. The maximum absolute atomic E-state index is 12.8. The molecular weight excluding hydrogens is 382 g/mol. The van der Waals surface area contributed by atoms with Crippen LogP contribution in [0.3, 0.4) is 0 Å². The summed E-state index contributed by atoms with van der Waals surface area (Å²) in [5.74, 6) is 1.09. The zero-order valence-electron chi connectivity index (χ0n) is 15.0. The Hall–Kier alpha value is -2.51. The highest BCUT2D eigenvalue weighted by molar-refractivity contribution is 8.26. The van der Waals surface area contributed by atoms with Crippen molar-refractivity contribution in [3.63, 3.8) is 0 Å². The molecule has 2 aromatic rings. The molecule has 1 N–H and O–H groups in total. The third-order valence-electron chi connectivity index (χ3n) is 3.95. The molecule has 3 rings (SSSR count). The van der Waals surface area contributed by atoms with Crippen molar-refractivity contribution < 1.29 is 19.4 Å². The van der Waals surface area contributed by atoms with E-state index < -0.39 is 0 Å². The minimum absolute atomic E-state index is 0.0704. The van der Waals surface area contributed by atoms with Crippen molar-refractivity contribution in [2.75, 3.05) is 13.7 Å². The SMILES string of the molecule is CCOc1cc(/C=C2\SC(=S)N(Cc3ccc(OC)cc3)C2=O)ccc1O. The molecule has 1 aliphatic rings. The summed E-state index contributed by atoms with van der Waals surface area (Å²) in [4.78, 5) is 14.9. The number of carbonyl (C=O) groups excluding carboxylic acids is 1. The van der Waals surface area contributed by atoms with E-state index >= 15 is 0 Å². The summed E-state index contributed by atoms with van der Waals surface area (Å²) >= 11 is 6.65. The van der Waals surface area contributed by atoms with Gasteiger partial charge in [-0.15, -0.1) is 0 Å². The average Bonchev–Trinajstić information content (AvgIpc) is 2.92. The summed E-state index contributed by atoms with van der Waals surface area (Å²) in [7, 11) is 1.61. The van der Waals surface area contributed by atoms with Crippen LogP contribution in [0.25, 0.3) is 6.08 Å². The molecule has 0 spiro atoms. The van der Waals surface area contributed by atoms with Gasteiger partial charge in [0.25, 0.3) is 5.91 Å². The quantitative estimate of drug-likeness (QED) is 0.578. The molecule has 2 aromatic carbocycles. The first-order valence-electron chi connectivity index (χ1n) is 8.36. The van der Waals surface area contributed by atoms with Gasteiger partial charge in [0.2, 0.25) is 0 Å². The zero-order chi connectivity index (χ0) is 19.4. The maximum Gasteiger partial charge on any atom is 0.266 e. The van der Waals surface area contributed by atoms with Gasteiger partial charge >= 0.3 is 0 Å². The summed E-state index contributed by atoms with van der Waals surface area (Å²) in [6, 6.07) is 12.5. The van der Waals surface area contributed by atoms with Gasteiger partial charge < -0.3 is 14.6 Å². The number of rotatable bonds is 6. The second kappa shape index (κ2) is 8.45. The number of thioether (sulfide) groups is 1. The van der Waals surface area contributed by atoms with Crippen LogP contribution >= 0.6 is 24.0 Å². The molecule has 140 valence electrons. The molecule has 5 nitrogen and oxygen atoms in total. The fourth-order valence-electron chi connectivity index (χ4n) is 2.59. The van der Waals surface area contributed by atoms with Crippen molar-refractivity contribution in [1.82, 2.24) is 4.90 Å². The number of hydrogen-bond donors (Lipinski definition) is 1. The third kappa shape index (κ3) is 4.43. The van der Waals surface area contributed by atoms with E-state index in [0.29, 0.717) is 28.1 Å². The van der Waals surface area contributed by atoms with E-state index in [4.69, 9.17) is 21.7 Å². The van der Waals surface area contributed by atoms with Gasteiger partial charge in [0.15, 0.2) is 11.5 Å². The molecule has 27 heavy (non-hydrogen) atoms. The van der Waals surface area contributed by atoms with Gasteiger partial charge in [-0.05, 0) is 48.4 Å². The van der Waals surface area contributed by atoms with Gasteiger partial charge in [-0.3, -0.25) is 9.69 Å². The van der Waals surface area contributed by atoms with Gasteiger partial charge in [-0.2, -0.15) is 0 Å². The molecule has 0 radical (unpaired) electrons. The van der Waals surface area contributed by atoms with Crippen LogP contribution in [0.1, 0.15) is 18.1 Å². The number of methoxy groups -OCH3 is 1. The number of nitrogens with zero attached hydrogens (tertiary/aromatic N) is 1. The fourth-order valence-corrected chi connectivity index (χ4v) is 3.85. The van der Waals surface area contributed by atoms with E-state index in [0.717, 1.165) is 16.9 Å². The number of phenols is 1. The van der Waals surface area contributed by atoms with Crippen LogP contribution in [-0.2, 0) is 11.3 Å². The Morgan fingerprint density at radius 1 is 1.22 bits per heavy atom. The van der Waals surface area contributed by atoms with Crippen molar-refractivity contribution in [3.8, 4) is 17.2 Å². The number of carbonyl (C=O) groups is 1. The minimum Gasteiger partial charge on any atom is -0.504 e. The number of hydrogen-bond acceptors (Lipinski definition) is 6. The number of thiocarbonyl (C=S) groups is 1. The summed E-state index contributed by atoms with van der Waals surface area (Å²) in [6.45, 7) is 2.70. The van der Waals surface area contributed by atoms with Crippen LogP contribution in [0.5, 0.6) is 17.2 Å². The summed E-state index contributed by atoms with van der Waals surface area (Å²) in [6.07, 6.45) is 1.76. The molecule has 1 fully saturated rings. The molecule has 7 heteroatoms. The molecule has 0 bridgehead atoms. The standard InChI is InChI=1S/C20H19NO4S2/c1-3-25-17-10-14(6-9-16(17)22)11-18-19(23)21(20(26)27-18)12-13-4-7-15(24-2)8-5-13/h4-11,22H,3,12H2,1-2H3/b18-11-. The van der Waals surface area contributed by atoms with E-state index in [-0.39, 0.29) is 11.7 Å². The van der Waals surface area contributed by atoms with Crippen LogP contribution in [0.4, 0.5) is 0 Å². The van der Waals surface area contributed by atoms with E-state index in [2.05, 4.69) is 0 Å². The van der Waals surface area contributed by atoms with Gasteiger partial charge in [-0.1, -0.05) is 42.2 Å². The monoisotopic (exact) mass is 401 g/mol. The lowest BCUT2D eigenvalue weighted by molar-refractivity contribution is -0.122. The Morgan fingerprint density at radius 2 is 1.96 bits per heavy atom. The largest absolute Gasteiger partial charge is 0.504 e. The van der Waals surface area contributed by atoms with Crippen LogP contribution in [-0.4, -0.2) is 34.0 Å². The highest BCUT2D eigenvalue weighted by Crippen LogP contribution is 2.35. The van der Waals surface area contributed by atoms with Gasteiger partial charge in [0, 0.05) is 0 Å². The Morgan fingerprint density at radius 3 is 2.63 bits per heavy atom. The molecule has 1 aliphatic heterocycles. The van der Waals surface area contributed by atoms with Crippen LogP contribution in [0.2, 0.25) is 0 Å². The normalized spacial score (nSPS) is 15.5. The van der Waals surface area contributed by atoms with E-state index in [1.807, 2.05) is 31.2 Å². The maximum atomic E-state index is 12.8. The zero-order valence-corrected chi connectivity index (χ0v) is 16.6. The van der Waals surface area contributed by atoms with Crippen molar-refractivity contribution in [3.05, 3.63) is 58.5 Å². The fraction of sp³-hybridized carbons (Fsp3) is 0.200. The Kier molecular flexibility index (Phi) is 6.03. The Bertz CT molecular complexity index is 893. The number of ether oxygens (including phenoxy) is 2. The first kappa shape index (κ1) is 19.3. The van der Waals surface area contributed by atoms with Crippen LogP contribution in [0, 0.1) is 0 Å². The first-order valence-corrected chi connectivity index (χ1v) is 9.58. The van der Waals surface area contributed by atoms with Crippen molar-refractivity contribution in [1.29, 1.82) is 0 Å². The minimum atomic E-state index is -0.133. The lowest BCUT2D eigenvalue weighted by atomic mass is 10.1. The number of benzene rings is 2. The molecule has 0 aromatic heterocycles. The molecule has 1 amide bonds. The average molecular weight is 402 g/mol. The van der Waals surface area contributed by atoms with Crippen molar-refractivity contribution >= 4 is 40.3 Å². The van der Waals surface area contributed by atoms with Gasteiger partial charge in [0.05, 0.1) is 25.2 Å². The molecule has 0 atom stereocenters. The highest BCUT2D eigenvalue weighted by Gasteiger charge is 2.32. The summed E-state index contributed by atoms with van der Waals surface area (Å²) in [5.41, 5.74) is 1.73. The molecule has 0 aliphatic carbocycles. The van der Waals surface area contributed by atoms with E-state index in [1.54, 1.807) is 36.3 Å². The second-order valence-electron chi connectivity index (χ2n) is 5.78. The molecule has 0 saturated carbocycles. The third-order valence-corrected chi connectivity index (χ3v) is 5.33. The summed E-state index contributed by atoms with van der Waals surface area (Å²) in [5, 5.41) is 9.81. The van der Waals surface area contributed by atoms with Crippen LogP contribution < -0.4 is 9.47 Å². The number of amides is 1. The van der Waals surface area contributed by atoms with E-state index in [1.165, 1.54) is 11.8 Å². The Balaban J connectivity index is 1.78. The number of aromatic hydroxyl groups is 1.